The Hall–Kier alpha value is -2.31. The van der Waals surface area contributed by atoms with E-state index in [9.17, 15) is 9.59 Å². The molecule has 0 bridgehead atoms. The summed E-state index contributed by atoms with van der Waals surface area (Å²) >= 11 is 1.62. The molecule has 0 radical (unpaired) electrons. The number of carbonyl (C=O) groups is 2. The first-order valence-corrected chi connectivity index (χ1v) is 9.17. The number of likely N-dealkylation sites (N-methyl/N-ethyl adjacent to an activating group) is 1. The van der Waals surface area contributed by atoms with E-state index >= 15 is 0 Å². The fourth-order valence-electron chi connectivity index (χ4n) is 2.28. The second kappa shape index (κ2) is 9.25. The minimum Gasteiger partial charge on any atom is -0.325 e. The van der Waals surface area contributed by atoms with Gasteiger partial charge in [0.05, 0.1) is 13.1 Å². The molecule has 0 heterocycles. The van der Waals surface area contributed by atoms with E-state index in [1.165, 1.54) is 0 Å². The Kier molecular flexibility index (Phi) is 7.03. The number of anilines is 2. The second-order valence-corrected chi connectivity index (χ2v) is 6.75. The summed E-state index contributed by atoms with van der Waals surface area (Å²) in [4.78, 5) is 26.9. The molecule has 0 aliphatic carbocycles. The van der Waals surface area contributed by atoms with Gasteiger partial charge >= 0.3 is 0 Å². The number of rotatable bonds is 7. The van der Waals surface area contributed by atoms with E-state index in [-0.39, 0.29) is 24.9 Å². The van der Waals surface area contributed by atoms with Crippen LogP contribution in [0.1, 0.15) is 5.56 Å². The quantitative estimate of drug-likeness (QED) is 0.747. The maximum Gasteiger partial charge on any atom is 0.238 e. The van der Waals surface area contributed by atoms with Crippen molar-refractivity contribution in [3.05, 3.63) is 54.1 Å². The molecule has 0 aliphatic heterocycles. The Morgan fingerprint density at radius 3 is 2.16 bits per heavy atom. The molecule has 2 aromatic carbocycles. The Labute approximate surface area is 152 Å². The highest BCUT2D eigenvalue weighted by Gasteiger charge is 2.11. The predicted molar refractivity (Wildman–Crippen MR) is 104 cm³/mol. The van der Waals surface area contributed by atoms with Crippen molar-refractivity contribution in [3.8, 4) is 0 Å². The summed E-state index contributed by atoms with van der Waals surface area (Å²) in [5.41, 5.74) is 2.65. The van der Waals surface area contributed by atoms with Gasteiger partial charge in [-0.05, 0) is 50.6 Å². The van der Waals surface area contributed by atoms with Crippen LogP contribution >= 0.6 is 11.8 Å². The monoisotopic (exact) mass is 357 g/mol. The number of amides is 2. The number of hydrogen-bond donors (Lipinski definition) is 2. The fourth-order valence-corrected chi connectivity index (χ4v) is 2.74. The van der Waals surface area contributed by atoms with Crippen LogP contribution in [0.2, 0.25) is 0 Å². The summed E-state index contributed by atoms with van der Waals surface area (Å²) < 4.78 is 0. The summed E-state index contributed by atoms with van der Waals surface area (Å²) in [6.07, 6.45) is 1.99. The van der Waals surface area contributed by atoms with E-state index in [1.54, 1.807) is 23.7 Å². The van der Waals surface area contributed by atoms with E-state index < -0.39 is 0 Å². The standard InChI is InChI=1S/C19H23N3O2S/c1-14-7-9-15(10-8-14)20-18(23)12-22(2)13-19(24)21-16-5-4-6-17(11-16)25-3/h4-11H,12-13H2,1-3H3,(H,20,23)(H,21,24). The summed E-state index contributed by atoms with van der Waals surface area (Å²) in [5.74, 6) is -0.299. The highest BCUT2D eigenvalue weighted by atomic mass is 32.2. The van der Waals surface area contributed by atoms with Gasteiger partial charge in [-0.25, -0.2) is 0 Å². The Bertz CT molecular complexity index is 732. The number of benzene rings is 2. The average molecular weight is 357 g/mol. The molecule has 2 rings (SSSR count). The Balaban J connectivity index is 1.80. The molecule has 2 N–H and O–H groups in total. The molecule has 6 heteroatoms. The Morgan fingerprint density at radius 1 is 0.960 bits per heavy atom. The molecule has 0 spiro atoms. The van der Waals surface area contributed by atoms with E-state index in [2.05, 4.69) is 10.6 Å². The highest BCUT2D eigenvalue weighted by molar-refractivity contribution is 7.98. The highest BCUT2D eigenvalue weighted by Crippen LogP contribution is 2.18. The maximum atomic E-state index is 12.1. The van der Waals surface area contributed by atoms with Gasteiger partial charge in [0.25, 0.3) is 0 Å². The molecule has 0 saturated heterocycles. The molecular formula is C19H23N3O2S. The minimum absolute atomic E-state index is 0.144. The third kappa shape index (κ3) is 6.60. The summed E-state index contributed by atoms with van der Waals surface area (Å²) in [7, 11) is 1.74. The van der Waals surface area contributed by atoms with Gasteiger partial charge in [-0.3, -0.25) is 14.5 Å². The number of nitrogens with one attached hydrogen (secondary N) is 2. The van der Waals surface area contributed by atoms with Gasteiger partial charge < -0.3 is 10.6 Å². The lowest BCUT2D eigenvalue weighted by molar-refractivity contribution is -0.119. The number of aryl methyl sites for hydroxylation is 1. The van der Waals surface area contributed by atoms with Crippen molar-refractivity contribution >= 4 is 35.0 Å². The molecule has 25 heavy (non-hydrogen) atoms. The van der Waals surface area contributed by atoms with Crippen molar-refractivity contribution < 1.29 is 9.59 Å². The van der Waals surface area contributed by atoms with Crippen LogP contribution in [0.4, 0.5) is 11.4 Å². The molecule has 0 atom stereocenters. The van der Waals surface area contributed by atoms with Gasteiger partial charge in [0.2, 0.25) is 11.8 Å². The molecule has 0 saturated carbocycles. The minimum atomic E-state index is -0.150. The van der Waals surface area contributed by atoms with E-state index in [0.717, 1.165) is 21.8 Å². The first-order chi connectivity index (χ1) is 12.0. The van der Waals surface area contributed by atoms with Crippen molar-refractivity contribution in [1.29, 1.82) is 0 Å². The van der Waals surface area contributed by atoms with Crippen LogP contribution in [-0.4, -0.2) is 43.1 Å². The molecule has 2 aromatic rings. The first kappa shape index (κ1) is 19.0. The lowest BCUT2D eigenvalue weighted by Crippen LogP contribution is -2.36. The number of thioether (sulfide) groups is 1. The van der Waals surface area contributed by atoms with Crippen LogP contribution in [0.5, 0.6) is 0 Å². The predicted octanol–water partition coefficient (Wildman–Crippen LogP) is 3.23. The summed E-state index contributed by atoms with van der Waals surface area (Å²) in [6, 6.07) is 15.3. The second-order valence-electron chi connectivity index (χ2n) is 5.87. The zero-order chi connectivity index (χ0) is 18.2. The van der Waals surface area contributed by atoms with Gasteiger partial charge in [-0.15, -0.1) is 11.8 Å². The molecule has 0 unspecified atom stereocenters. The van der Waals surface area contributed by atoms with E-state index in [1.807, 2.05) is 61.7 Å². The smallest absolute Gasteiger partial charge is 0.238 e. The fraction of sp³-hybridized carbons (Fsp3) is 0.263. The van der Waals surface area contributed by atoms with Crippen LogP contribution in [0.3, 0.4) is 0 Å². The van der Waals surface area contributed by atoms with Crippen molar-refractivity contribution in [2.75, 3.05) is 37.0 Å². The Morgan fingerprint density at radius 2 is 1.56 bits per heavy atom. The summed E-state index contributed by atoms with van der Waals surface area (Å²) in [5, 5.41) is 5.67. The largest absolute Gasteiger partial charge is 0.325 e. The zero-order valence-electron chi connectivity index (χ0n) is 14.7. The molecule has 132 valence electrons. The van der Waals surface area contributed by atoms with Crippen LogP contribution in [0.15, 0.2) is 53.4 Å². The molecule has 2 amide bonds. The zero-order valence-corrected chi connectivity index (χ0v) is 15.5. The first-order valence-electron chi connectivity index (χ1n) is 7.95. The van der Waals surface area contributed by atoms with Crippen molar-refractivity contribution in [2.24, 2.45) is 0 Å². The lowest BCUT2D eigenvalue weighted by Gasteiger charge is -2.16. The number of carbonyl (C=O) groups excluding carboxylic acids is 2. The molecular weight excluding hydrogens is 334 g/mol. The molecule has 0 fully saturated rings. The van der Waals surface area contributed by atoms with Gasteiger partial charge in [0.15, 0.2) is 0 Å². The van der Waals surface area contributed by atoms with Crippen LogP contribution in [-0.2, 0) is 9.59 Å². The van der Waals surface area contributed by atoms with Crippen molar-refractivity contribution in [1.82, 2.24) is 4.90 Å². The lowest BCUT2D eigenvalue weighted by atomic mass is 10.2. The van der Waals surface area contributed by atoms with E-state index in [4.69, 9.17) is 0 Å². The van der Waals surface area contributed by atoms with E-state index in [0.29, 0.717) is 0 Å². The van der Waals surface area contributed by atoms with Crippen molar-refractivity contribution in [2.45, 2.75) is 11.8 Å². The third-order valence-electron chi connectivity index (χ3n) is 3.52. The number of hydrogen-bond acceptors (Lipinski definition) is 4. The average Bonchev–Trinajstić information content (AvgIpc) is 2.56. The van der Waals surface area contributed by atoms with Crippen LogP contribution < -0.4 is 10.6 Å². The molecule has 0 aromatic heterocycles. The van der Waals surface area contributed by atoms with Crippen LogP contribution in [0, 0.1) is 6.92 Å². The van der Waals surface area contributed by atoms with Crippen LogP contribution in [0.25, 0.3) is 0 Å². The number of nitrogens with zero attached hydrogens (tertiary/aromatic N) is 1. The van der Waals surface area contributed by atoms with Crippen molar-refractivity contribution in [3.63, 3.8) is 0 Å². The molecule has 5 nitrogen and oxygen atoms in total. The topological polar surface area (TPSA) is 61.4 Å². The SMILES string of the molecule is CSc1cccc(NC(=O)CN(C)CC(=O)Nc2ccc(C)cc2)c1. The maximum absolute atomic E-state index is 12.1. The van der Waals surface area contributed by atoms with Gasteiger partial charge in [0, 0.05) is 16.3 Å². The summed E-state index contributed by atoms with van der Waals surface area (Å²) in [6.45, 7) is 2.28. The normalized spacial score (nSPS) is 10.6. The van der Waals surface area contributed by atoms with Gasteiger partial charge in [0.1, 0.15) is 0 Å². The van der Waals surface area contributed by atoms with Gasteiger partial charge in [-0.2, -0.15) is 0 Å². The third-order valence-corrected chi connectivity index (χ3v) is 4.24. The van der Waals surface area contributed by atoms with Gasteiger partial charge in [-0.1, -0.05) is 23.8 Å². The molecule has 0 aliphatic rings.